The van der Waals surface area contributed by atoms with E-state index < -0.39 is 0 Å². The van der Waals surface area contributed by atoms with Crippen LogP contribution in [0.15, 0.2) is 55.4 Å². The molecular formula is C23H24N6O. The van der Waals surface area contributed by atoms with E-state index in [4.69, 9.17) is 9.72 Å². The molecule has 5 rings (SSSR count). The second-order valence-corrected chi connectivity index (χ2v) is 7.61. The number of methoxy groups -OCH3 is 1. The monoisotopic (exact) mass is 400 g/mol. The van der Waals surface area contributed by atoms with Crippen LogP contribution in [-0.4, -0.2) is 49.7 Å². The molecule has 0 bridgehead atoms. The average Bonchev–Trinajstić information content (AvgIpc) is 3.15. The highest BCUT2D eigenvalue weighted by Gasteiger charge is 2.20. The van der Waals surface area contributed by atoms with Gasteiger partial charge in [0, 0.05) is 81.0 Å². The van der Waals surface area contributed by atoms with Crippen molar-refractivity contribution >= 4 is 10.9 Å². The van der Waals surface area contributed by atoms with Gasteiger partial charge in [-0.05, 0) is 11.6 Å². The molecule has 7 nitrogen and oxygen atoms in total. The molecule has 0 spiro atoms. The van der Waals surface area contributed by atoms with E-state index in [9.17, 15) is 0 Å². The van der Waals surface area contributed by atoms with Crippen LogP contribution in [0.3, 0.4) is 0 Å². The summed E-state index contributed by atoms with van der Waals surface area (Å²) in [7, 11) is 1.75. The summed E-state index contributed by atoms with van der Waals surface area (Å²) in [5.74, 6) is 0.698. The van der Waals surface area contributed by atoms with Crippen molar-refractivity contribution in [2.45, 2.75) is 26.1 Å². The van der Waals surface area contributed by atoms with Crippen LogP contribution < -0.4 is 0 Å². The Morgan fingerprint density at radius 2 is 1.97 bits per heavy atom. The normalized spacial score (nSPS) is 14.2. The van der Waals surface area contributed by atoms with Crippen molar-refractivity contribution in [2.24, 2.45) is 0 Å². The minimum absolute atomic E-state index is 0.698. The zero-order valence-corrected chi connectivity index (χ0v) is 17.0. The van der Waals surface area contributed by atoms with E-state index in [-0.39, 0.29) is 0 Å². The fourth-order valence-electron chi connectivity index (χ4n) is 4.13. The molecule has 1 aliphatic rings. The summed E-state index contributed by atoms with van der Waals surface area (Å²) >= 11 is 0. The molecule has 3 aromatic heterocycles. The number of nitrogens with zero attached hydrogens (tertiary/aromatic N) is 6. The molecule has 0 N–H and O–H groups in total. The maximum absolute atomic E-state index is 5.28. The molecule has 0 unspecified atom stereocenters. The molecular weight excluding hydrogens is 376 g/mol. The van der Waals surface area contributed by atoms with Gasteiger partial charge in [-0.2, -0.15) is 0 Å². The van der Waals surface area contributed by atoms with Gasteiger partial charge in [0.1, 0.15) is 6.33 Å². The van der Waals surface area contributed by atoms with Crippen LogP contribution in [0.5, 0.6) is 0 Å². The lowest BCUT2D eigenvalue weighted by Crippen LogP contribution is -2.30. The Bertz CT molecular complexity index is 1160. The van der Waals surface area contributed by atoms with Gasteiger partial charge in [-0.15, -0.1) is 0 Å². The molecule has 7 heteroatoms. The molecule has 1 aromatic carbocycles. The fourth-order valence-corrected chi connectivity index (χ4v) is 4.13. The van der Waals surface area contributed by atoms with Crippen LogP contribution in [0, 0.1) is 0 Å². The molecule has 0 saturated carbocycles. The van der Waals surface area contributed by atoms with Crippen molar-refractivity contribution in [3.8, 4) is 11.4 Å². The SMILES string of the molecule is COCCn1cc(CN2CCc3nc(-c4cncnc4)ncc3C2)c2ccccc21. The highest BCUT2D eigenvalue weighted by Crippen LogP contribution is 2.26. The lowest BCUT2D eigenvalue weighted by Gasteiger charge is -2.27. The summed E-state index contributed by atoms with van der Waals surface area (Å²) < 4.78 is 7.58. The summed E-state index contributed by atoms with van der Waals surface area (Å²) in [5.41, 5.74) is 5.79. The van der Waals surface area contributed by atoms with E-state index in [0.29, 0.717) is 12.4 Å². The second kappa shape index (κ2) is 8.30. The van der Waals surface area contributed by atoms with Crippen molar-refractivity contribution in [1.82, 2.24) is 29.4 Å². The van der Waals surface area contributed by atoms with Crippen molar-refractivity contribution in [1.29, 1.82) is 0 Å². The Kier molecular flexibility index (Phi) is 5.21. The molecule has 4 heterocycles. The Labute approximate surface area is 175 Å². The predicted molar refractivity (Wildman–Crippen MR) is 115 cm³/mol. The maximum Gasteiger partial charge on any atom is 0.162 e. The fraction of sp³-hybridized carbons (Fsp3) is 0.304. The number of para-hydroxylation sites is 1. The molecule has 0 radical (unpaired) electrons. The number of aromatic nitrogens is 5. The third-order valence-electron chi connectivity index (χ3n) is 5.63. The topological polar surface area (TPSA) is 69.0 Å². The Morgan fingerprint density at radius 1 is 1.10 bits per heavy atom. The van der Waals surface area contributed by atoms with Crippen molar-refractivity contribution < 1.29 is 4.74 Å². The zero-order valence-electron chi connectivity index (χ0n) is 17.0. The summed E-state index contributed by atoms with van der Waals surface area (Å²) in [6.45, 7) is 4.32. The van der Waals surface area contributed by atoms with Gasteiger partial charge in [0.2, 0.25) is 0 Å². The summed E-state index contributed by atoms with van der Waals surface area (Å²) in [4.78, 5) is 19.9. The van der Waals surface area contributed by atoms with Gasteiger partial charge in [0.25, 0.3) is 0 Å². The van der Waals surface area contributed by atoms with E-state index in [1.165, 1.54) is 28.4 Å². The van der Waals surface area contributed by atoms with Crippen molar-refractivity contribution in [2.75, 3.05) is 20.3 Å². The standard InChI is InChI=1S/C23H24N6O/c1-30-9-8-29-15-19(20-4-2-3-5-22(20)29)14-28-7-6-21-18(13-28)12-26-23(27-21)17-10-24-16-25-11-17/h2-5,10-12,15-16H,6-9,13-14H2,1H3. The van der Waals surface area contributed by atoms with Crippen LogP contribution in [0.1, 0.15) is 16.8 Å². The third kappa shape index (κ3) is 3.69. The molecule has 0 fully saturated rings. The second-order valence-electron chi connectivity index (χ2n) is 7.61. The minimum Gasteiger partial charge on any atom is -0.383 e. The predicted octanol–water partition coefficient (Wildman–Crippen LogP) is 3.09. The summed E-state index contributed by atoms with van der Waals surface area (Å²) in [5, 5.41) is 1.31. The Hall–Kier alpha value is -3.16. The van der Waals surface area contributed by atoms with Crippen LogP contribution in [-0.2, 0) is 30.8 Å². The number of ether oxygens (including phenoxy) is 1. The van der Waals surface area contributed by atoms with E-state index >= 15 is 0 Å². The highest BCUT2D eigenvalue weighted by molar-refractivity contribution is 5.84. The molecule has 152 valence electrons. The number of hydrogen-bond acceptors (Lipinski definition) is 6. The van der Waals surface area contributed by atoms with Crippen molar-refractivity contribution in [3.63, 3.8) is 0 Å². The smallest absolute Gasteiger partial charge is 0.162 e. The van der Waals surface area contributed by atoms with Crippen LogP contribution in [0.25, 0.3) is 22.3 Å². The molecule has 0 aliphatic carbocycles. The Morgan fingerprint density at radius 3 is 2.83 bits per heavy atom. The van der Waals surface area contributed by atoms with Gasteiger partial charge in [0.15, 0.2) is 5.82 Å². The molecule has 1 aliphatic heterocycles. The van der Waals surface area contributed by atoms with Gasteiger partial charge in [-0.25, -0.2) is 19.9 Å². The van der Waals surface area contributed by atoms with Crippen LogP contribution in [0.2, 0.25) is 0 Å². The zero-order chi connectivity index (χ0) is 20.3. The largest absolute Gasteiger partial charge is 0.383 e. The number of benzene rings is 1. The van der Waals surface area contributed by atoms with E-state index in [1.54, 1.807) is 19.5 Å². The summed E-state index contributed by atoms with van der Waals surface area (Å²) in [6, 6.07) is 8.60. The Balaban J connectivity index is 1.36. The molecule has 0 atom stereocenters. The van der Waals surface area contributed by atoms with Gasteiger partial charge in [0.05, 0.1) is 17.9 Å². The van der Waals surface area contributed by atoms with Gasteiger partial charge >= 0.3 is 0 Å². The van der Waals surface area contributed by atoms with Gasteiger partial charge in [-0.3, -0.25) is 4.90 Å². The van der Waals surface area contributed by atoms with E-state index in [1.807, 2.05) is 6.20 Å². The van der Waals surface area contributed by atoms with Gasteiger partial charge in [-0.1, -0.05) is 18.2 Å². The van der Waals surface area contributed by atoms with Crippen LogP contribution in [0.4, 0.5) is 0 Å². The number of hydrogen-bond donors (Lipinski definition) is 0. The molecule has 30 heavy (non-hydrogen) atoms. The molecule has 4 aromatic rings. The first kappa shape index (κ1) is 18.8. The number of rotatable bonds is 6. The highest BCUT2D eigenvalue weighted by atomic mass is 16.5. The third-order valence-corrected chi connectivity index (χ3v) is 5.63. The van der Waals surface area contributed by atoms with E-state index in [0.717, 1.165) is 43.9 Å². The lowest BCUT2D eigenvalue weighted by molar-refractivity contribution is 0.188. The maximum atomic E-state index is 5.28. The summed E-state index contributed by atoms with van der Waals surface area (Å²) in [6.07, 6.45) is 10.2. The van der Waals surface area contributed by atoms with Crippen molar-refractivity contribution in [3.05, 3.63) is 72.2 Å². The van der Waals surface area contributed by atoms with Gasteiger partial charge < -0.3 is 9.30 Å². The van der Waals surface area contributed by atoms with Crippen LogP contribution >= 0.6 is 0 Å². The number of fused-ring (bicyclic) bond motifs is 2. The lowest BCUT2D eigenvalue weighted by atomic mass is 10.1. The molecule has 0 amide bonds. The molecule has 0 saturated heterocycles. The van der Waals surface area contributed by atoms with E-state index in [2.05, 4.69) is 54.9 Å². The minimum atomic E-state index is 0.698. The first-order valence-corrected chi connectivity index (χ1v) is 10.2. The first-order chi connectivity index (χ1) is 14.8. The average molecular weight is 400 g/mol. The first-order valence-electron chi connectivity index (χ1n) is 10.2. The quantitative estimate of drug-likeness (QED) is 0.495.